The maximum atomic E-state index is 10.5. The van der Waals surface area contributed by atoms with Crippen molar-refractivity contribution in [1.29, 1.82) is 0 Å². The van der Waals surface area contributed by atoms with Crippen molar-refractivity contribution in [1.82, 2.24) is 0 Å². The van der Waals surface area contributed by atoms with Gasteiger partial charge in [-0.05, 0) is 25.0 Å². The second kappa shape index (κ2) is 5.95. The van der Waals surface area contributed by atoms with Crippen LogP contribution < -0.4 is 4.74 Å². The van der Waals surface area contributed by atoms with E-state index in [2.05, 4.69) is 0 Å². The number of benzene rings is 1. The molecular formula is C13H16O3. The van der Waals surface area contributed by atoms with Crippen LogP contribution in [0.2, 0.25) is 0 Å². The van der Waals surface area contributed by atoms with E-state index in [1.165, 1.54) is 0 Å². The standard InChI is InChI=1S/C13H16O3/c1-3-9-16-13-10(2)5-4-6-11(13)7-8-12(14)15/h4-8H,3,9H2,1-2H3,(H,14,15)/b8-7+. The fraction of sp³-hybridized carbons (Fsp3) is 0.308. The first-order valence-electron chi connectivity index (χ1n) is 5.28. The monoisotopic (exact) mass is 220 g/mol. The number of para-hydroxylation sites is 1. The predicted molar refractivity (Wildman–Crippen MR) is 63.6 cm³/mol. The predicted octanol–water partition coefficient (Wildman–Crippen LogP) is 2.88. The minimum Gasteiger partial charge on any atom is -0.493 e. The molecule has 1 aromatic rings. The molecular weight excluding hydrogens is 204 g/mol. The van der Waals surface area contributed by atoms with Crippen molar-refractivity contribution in [2.45, 2.75) is 20.3 Å². The average molecular weight is 220 g/mol. The highest BCUT2D eigenvalue weighted by atomic mass is 16.5. The Morgan fingerprint density at radius 3 is 2.88 bits per heavy atom. The number of hydrogen-bond donors (Lipinski definition) is 1. The quantitative estimate of drug-likeness (QED) is 0.776. The van der Waals surface area contributed by atoms with Crippen LogP contribution in [-0.2, 0) is 4.79 Å². The molecule has 0 aromatic heterocycles. The molecule has 0 fully saturated rings. The van der Waals surface area contributed by atoms with Gasteiger partial charge in [0.1, 0.15) is 5.75 Å². The lowest BCUT2D eigenvalue weighted by Gasteiger charge is -2.10. The average Bonchev–Trinajstić information content (AvgIpc) is 2.25. The third-order valence-electron chi connectivity index (χ3n) is 2.10. The van der Waals surface area contributed by atoms with E-state index < -0.39 is 5.97 Å². The van der Waals surface area contributed by atoms with Gasteiger partial charge in [0.2, 0.25) is 0 Å². The Kier molecular flexibility index (Phi) is 4.58. The highest BCUT2D eigenvalue weighted by Gasteiger charge is 2.04. The van der Waals surface area contributed by atoms with Crippen molar-refractivity contribution < 1.29 is 14.6 Å². The van der Waals surface area contributed by atoms with Gasteiger partial charge in [-0.2, -0.15) is 0 Å². The normalized spacial score (nSPS) is 10.6. The largest absolute Gasteiger partial charge is 0.493 e. The van der Waals surface area contributed by atoms with E-state index in [4.69, 9.17) is 9.84 Å². The molecule has 0 atom stereocenters. The smallest absolute Gasteiger partial charge is 0.328 e. The van der Waals surface area contributed by atoms with Crippen LogP contribution in [-0.4, -0.2) is 17.7 Å². The molecule has 0 aliphatic carbocycles. The molecule has 16 heavy (non-hydrogen) atoms. The molecule has 1 rings (SSSR count). The van der Waals surface area contributed by atoms with Crippen molar-refractivity contribution in [2.24, 2.45) is 0 Å². The van der Waals surface area contributed by atoms with Gasteiger partial charge in [0, 0.05) is 11.6 Å². The summed E-state index contributed by atoms with van der Waals surface area (Å²) in [5.74, 6) is -0.190. The highest BCUT2D eigenvalue weighted by molar-refractivity contribution is 5.86. The Bertz CT molecular complexity index is 394. The third kappa shape index (κ3) is 3.42. The molecule has 0 aliphatic rings. The second-order valence-corrected chi connectivity index (χ2v) is 3.51. The van der Waals surface area contributed by atoms with Gasteiger partial charge in [-0.15, -0.1) is 0 Å². The van der Waals surface area contributed by atoms with Crippen LogP contribution >= 0.6 is 0 Å². The van der Waals surface area contributed by atoms with Crippen LogP contribution in [0.3, 0.4) is 0 Å². The van der Waals surface area contributed by atoms with Gasteiger partial charge in [0.25, 0.3) is 0 Å². The molecule has 0 saturated heterocycles. The van der Waals surface area contributed by atoms with Crippen molar-refractivity contribution in [3.63, 3.8) is 0 Å². The number of carboxylic acid groups (broad SMARTS) is 1. The molecule has 0 heterocycles. The number of aryl methyl sites for hydroxylation is 1. The number of rotatable bonds is 5. The van der Waals surface area contributed by atoms with Crippen molar-refractivity contribution in [3.8, 4) is 5.75 Å². The fourth-order valence-corrected chi connectivity index (χ4v) is 1.37. The number of carbonyl (C=O) groups is 1. The topological polar surface area (TPSA) is 46.5 Å². The Labute approximate surface area is 95.4 Å². The van der Waals surface area contributed by atoms with Gasteiger partial charge < -0.3 is 9.84 Å². The lowest BCUT2D eigenvalue weighted by atomic mass is 10.1. The zero-order chi connectivity index (χ0) is 12.0. The van der Waals surface area contributed by atoms with Gasteiger partial charge in [-0.3, -0.25) is 0 Å². The summed E-state index contributed by atoms with van der Waals surface area (Å²) in [6.45, 7) is 4.62. The maximum absolute atomic E-state index is 10.5. The van der Waals surface area contributed by atoms with E-state index in [0.29, 0.717) is 6.61 Å². The molecule has 0 radical (unpaired) electrons. The molecule has 0 bridgehead atoms. The summed E-state index contributed by atoms with van der Waals surface area (Å²) in [6, 6.07) is 5.68. The molecule has 0 aliphatic heterocycles. The van der Waals surface area contributed by atoms with Crippen LogP contribution in [0.25, 0.3) is 6.08 Å². The van der Waals surface area contributed by atoms with Crippen LogP contribution in [0.1, 0.15) is 24.5 Å². The lowest BCUT2D eigenvalue weighted by Crippen LogP contribution is -1.99. The minimum absolute atomic E-state index is 0.638. The fourth-order valence-electron chi connectivity index (χ4n) is 1.37. The summed E-state index contributed by atoms with van der Waals surface area (Å²) in [5, 5.41) is 8.58. The van der Waals surface area contributed by atoms with Gasteiger partial charge in [-0.25, -0.2) is 4.79 Å². The Morgan fingerprint density at radius 2 is 2.25 bits per heavy atom. The zero-order valence-corrected chi connectivity index (χ0v) is 9.56. The molecule has 0 saturated carbocycles. The van der Waals surface area contributed by atoms with E-state index in [-0.39, 0.29) is 0 Å². The molecule has 0 amide bonds. The summed E-state index contributed by atoms with van der Waals surface area (Å²) >= 11 is 0. The van der Waals surface area contributed by atoms with Crippen LogP contribution in [0.15, 0.2) is 24.3 Å². The second-order valence-electron chi connectivity index (χ2n) is 3.51. The number of ether oxygens (including phenoxy) is 1. The van der Waals surface area contributed by atoms with E-state index in [0.717, 1.165) is 29.4 Å². The van der Waals surface area contributed by atoms with Crippen LogP contribution in [0, 0.1) is 6.92 Å². The van der Waals surface area contributed by atoms with Gasteiger partial charge >= 0.3 is 5.97 Å². The third-order valence-corrected chi connectivity index (χ3v) is 2.10. The first kappa shape index (κ1) is 12.3. The van der Waals surface area contributed by atoms with E-state index in [9.17, 15) is 4.79 Å². The van der Waals surface area contributed by atoms with Crippen LogP contribution in [0.4, 0.5) is 0 Å². The van der Waals surface area contributed by atoms with E-state index in [1.807, 2.05) is 32.0 Å². The number of hydrogen-bond acceptors (Lipinski definition) is 2. The summed E-state index contributed by atoms with van der Waals surface area (Å²) < 4.78 is 5.61. The lowest BCUT2D eigenvalue weighted by molar-refractivity contribution is -0.131. The zero-order valence-electron chi connectivity index (χ0n) is 9.56. The molecule has 1 aromatic carbocycles. The number of carboxylic acids is 1. The first-order chi connectivity index (χ1) is 7.65. The summed E-state index contributed by atoms with van der Waals surface area (Å²) in [5.41, 5.74) is 1.82. The Morgan fingerprint density at radius 1 is 1.50 bits per heavy atom. The highest BCUT2D eigenvalue weighted by Crippen LogP contribution is 2.24. The summed E-state index contributed by atoms with van der Waals surface area (Å²) in [6.07, 6.45) is 3.60. The van der Waals surface area contributed by atoms with E-state index in [1.54, 1.807) is 6.08 Å². The Hall–Kier alpha value is -1.77. The molecule has 0 spiro atoms. The summed E-state index contributed by atoms with van der Waals surface area (Å²) in [4.78, 5) is 10.5. The molecule has 3 heteroatoms. The summed E-state index contributed by atoms with van der Waals surface area (Å²) in [7, 11) is 0. The van der Waals surface area contributed by atoms with Gasteiger partial charge in [0.15, 0.2) is 0 Å². The van der Waals surface area contributed by atoms with Gasteiger partial charge in [-0.1, -0.05) is 25.1 Å². The minimum atomic E-state index is -0.956. The SMILES string of the molecule is CCCOc1c(C)cccc1/C=C/C(=O)O. The maximum Gasteiger partial charge on any atom is 0.328 e. The van der Waals surface area contributed by atoms with Crippen LogP contribution in [0.5, 0.6) is 5.75 Å². The molecule has 3 nitrogen and oxygen atoms in total. The van der Waals surface area contributed by atoms with Gasteiger partial charge in [0.05, 0.1) is 6.61 Å². The van der Waals surface area contributed by atoms with Crippen molar-refractivity contribution >= 4 is 12.0 Å². The number of aliphatic carboxylic acids is 1. The first-order valence-corrected chi connectivity index (χ1v) is 5.28. The molecule has 86 valence electrons. The molecule has 1 N–H and O–H groups in total. The van der Waals surface area contributed by atoms with Crippen molar-refractivity contribution in [3.05, 3.63) is 35.4 Å². The molecule has 0 unspecified atom stereocenters. The Balaban J connectivity index is 2.97. The van der Waals surface area contributed by atoms with E-state index >= 15 is 0 Å². The van der Waals surface area contributed by atoms with Crippen molar-refractivity contribution in [2.75, 3.05) is 6.61 Å².